The van der Waals surface area contributed by atoms with Crippen LogP contribution >= 0.6 is 0 Å². The van der Waals surface area contributed by atoms with E-state index in [9.17, 15) is 4.79 Å². The SMILES string of the molecule is CCCC1CCN(C(=O)CC2CNC2)C1. The molecule has 2 heterocycles. The summed E-state index contributed by atoms with van der Waals surface area (Å²) in [5, 5.41) is 3.22. The number of likely N-dealkylation sites (tertiary alicyclic amines) is 1. The second-order valence-electron chi connectivity index (χ2n) is 5.01. The number of rotatable bonds is 4. The highest BCUT2D eigenvalue weighted by Crippen LogP contribution is 2.22. The topological polar surface area (TPSA) is 32.3 Å². The number of nitrogens with zero attached hydrogens (tertiary/aromatic N) is 1. The Hall–Kier alpha value is -0.570. The highest BCUT2D eigenvalue weighted by molar-refractivity contribution is 5.76. The molecule has 0 aromatic rings. The smallest absolute Gasteiger partial charge is 0.222 e. The van der Waals surface area contributed by atoms with Crippen LogP contribution in [0.2, 0.25) is 0 Å². The van der Waals surface area contributed by atoms with Gasteiger partial charge in [0.05, 0.1) is 0 Å². The van der Waals surface area contributed by atoms with Gasteiger partial charge in [-0.2, -0.15) is 0 Å². The molecule has 86 valence electrons. The first-order valence-electron chi connectivity index (χ1n) is 6.28. The minimum Gasteiger partial charge on any atom is -0.342 e. The maximum absolute atomic E-state index is 11.9. The van der Waals surface area contributed by atoms with Crippen molar-refractivity contribution in [3.8, 4) is 0 Å². The third kappa shape index (κ3) is 2.71. The molecule has 2 fully saturated rings. The highest BCUT2D eigenvalue weighted by Gasteiger charge is 2.28. The lowest BCUT2D eigenvalue weighted by Crippen LogP contribution is -2.45. The Morgan fingerprint density at radius 3 is 2.80 bits per heavy atom. The van der Waals surface area contributed by atoms with Crippen LogP contribution in [0.1, 0.15) is 32.6 Å². The van der Waals surface area contributed by atoms with E-state index in [0.717, 1.165) is 38.5 Å². The summed E-state index contributed by atoms with van der Waals surface area (Å²) in [6.45, 7) is 6.33. The molecular weight excluding hydrogens is 188 g/mol. The van der Waals surface area contributed by atoms with E-state index in [0.29, 0.717) is 11.8 Å². The van der Waals surface area contributed by atoms with Gasteiger partial charge in [-0.15, -0.1) is 0 Å². The molecule has 3 heteroatoms. The Morgan fingerprint density at radius 2 is 2.20 bits per heavy atom. The zero-order valence-electron chi connectivity index (χ0n) is 9.67. The molecule has 0 spiro atoms. The van der Waals surface area contributed by atoms with Gasteiger partial charge in [0.1, 0.15) is 0 Å². The fourth-order valence-corrected chi connectivity index (χ4v) is 2.57. The van der Waals surface area contributed by atoms with Gasteiger partial charge < -0.3 is 10.2 Å². The summed E-state index contributed by atoms with van der Waals surface area (Å²) >= 11 is 0. The van der Waals surface area contributed by atoms with Crippen LogP contribution in [-0.2, 0) is 4.79 Å². The van der Waals surface area contributed by atoms with Crippen LogP contribution in [0.4, 0.5) is 0 Å². The van der Waals surface area contributed by atoms with Crippen LogP contribution in [0, 0.1) is 11.8 Å². The van der Waals surface area contributed by atoms with Crippen LogP contribution < -0.4 is 5.32 Å². The summed E-state index contributed by atoms with van der Waals surface area (Å²) in [6.07, 6.45) is 4.53. The fourth-order valence-electron chi connectivity index (χ4n) is 2.57. The summed E-state index contributed by atoms with van der Waals surface area (Å²) in [7, 11) is 0. The zero-order valence-corrected chi connectivity index (χ0v) is 9.67. The van der Waals surface area contributed by atoms with Gasteiger partial charge in [0.2, 0.25) is 5.91 Å². The summed E-state index contributed by atoms with van der Waals surface area (Å²) in [6, 6.07) is 0. The fraction of sp³-hybridized carbons (Fsp3) is 0.917. The van der Waals surface area contributed by atoms with E-state index in [2.05, 4.69) is 17.1 Å². The molecule has 3 nitrogen and oxygen atoms in total. The maximum atomic E-state index is 11.9. The zero-order chi connectivity index (χ0) is 10.7. The molecule has 15 heavy (non-hydrogen) atoms. The van der Waals surface area contributed by atoms with Gasteiger partial charge >= 0.3 is 0 Å². The van der Waals surface area contributed by atoms with Crippen LogP contribution in [0.5, 0.6) is 0 Å². The normalized spacial score (nSPS) is 26.7. The van der Waals surface area contributed by atoms with Gasteiger partial charge in [-0.05, 0) is 37.8 Å². The molecule has 1 unspecified atom stereocenters. The summed E-state index contributed by atoms with van der Waals surface area (Å²) in [4.78, 5) is 14.0. The second kappa shape index (κ2) is 4.97. The van der Waals surface area contributed by atoms with Gasteiger partial charge in [-0.25, -0.2) is 0 Å². The van der Waals surface area contributed by atoms with Crippen molar-refractivity contribution >= 4 is 5.91 Å². The first-order valence-corrected chi connectivity index (χ1v) is 6.28. The molecule has 0 aromatic carbocycles. The summed E-state index contributed by atoms with van der Waals surface area (Å²) in [5.74, 6) is 1.78. The van der Waals surface area contributed by atoms with E-state index in [1.54, 1.807) is 0 Å². The van der Waals surface area contributed by atoms with Gasteiger partial charge in [0.25, 0.3) is 0 Å². The van der Waals surface area contributed by atoms with Crippen molar-refractivity contribution in [2.24, 2.45) is 11.8 Å². The molecule has 2 rings (SSSR count). The number of amides is 1. The lowest BCUT2D eigenvalue weighted by atomic mass is 9.99. The first-order chi connectivity index (χ1) is 7.29. The van der Waals surface area contributed by atoms with E-state index in [1.807, 2.05) is 0 Å². The Morgan fingerprint density at radius 1 is 1.40 bits per heavy atom. The summed E-state index contributed by atoms with van der Waals surface area (Å²) < 4.78 is 0. The molecule has 1 N–H and O–H groups in total. The molecular formula is C12H22N2O. The molecule has 0 aromatic heterocycles. The maximum Gasteiger partial charge on any atom is 0.222 e. The summed E-state index contributed by atoms with van der Waals surface area (Å²) in [5.41, 5.74) is 0. The van der Waals surface area contributed by atoms with E-state index in [4.69, 9.17) is 0 Å². The van der Waals surface area contributed by atoms with E-state index in [-0.39, 0.29) is 0 Å². The first kappa shape index (κ1) is 10.9. The Bertz CT molecular complexity index is 226. The predicted molar refractivity (Wildman–Crippen MR) is 60.6 cm³/mol. The number of carbonyl (C=O) groups is 1. The molecule has 2 aliphatic rings. The third-order valence-corrected chi connectivity index (χ3v) is 3.66. The van der Waals surface area contributed by atoms with E-state index < -0.39 is 0 Å². The standard InChI is InChI=1S/C12H22N2O/c1-2-3-10-4-5-14(9-10)12(15)6-11-7-13-8-11/h10-11,13H,2-9H2,1H3. The van der Waals surface area contributed by atoms with Crippen molar-refractivity contribution in [2.75, 3.05) is 26.2 Å². The van der Waals surface area contributed by atoms with Crippen LogP contribution in [0.25, 0.3) is 0 Å². The van der Waals surface area contributed by atoms with Crippen molar-refractivity contribution in [1.29, 1.82) is 0 Å². The van der Waals surface area contributed by atoms with Gasteiger partial charge in [-0.1, -0.05) is 13.3 Å². The largest absolute Gasteiger partial charge is 0.342 e. The van der Waals surface area contributed by atoms with Crippen LogP contribution in [-0.4, -0.2) is 37.0 Å². The Kier molecular flexibility index (Phi) is 3.62. The lowest BCUT2D eigenvalue weighted by molar-refractivity contribution is -0.131. The van der Waals surface area contributed by atoms with Crippen LogP contribution in [0.15, 0.2) is 0 Å². The third-order valence-electron chi connectivity index (χ3n) is 3.66. The van der Waals surface area contributed by atoms with Crippen molar-refractivity contribution < 1.29 is 4.79 Å². The molecule has 0 radical (unpaired) electrons. The molecule has 2 saturated heterocycles. The van der Waals surface area contributed by atoms with Crippen LogP contribution in [0.3, 0.4) is 0 Å². The van der Waals surface area contributed by atoms with Gasteiger partial charge in [0, 0.05) is 19.5 Å². The molecule has 2 aliphatic heterocycles. The average Bonchev–Trinajstić information content (AvgIpc) is 2.60. The Labute approximate surface area is 92.2 Å². The van der Waals surface area contributed by atoms with Crippen molar-refractivity contribution in [1.82, 2.24) is 10.2 Å². The number of hydrogen-bond acceptors (Lipinski definition) is 2. The number of carbonyl (C=O) groups excluding carboxylic acids is 1. The minimum atomic E-state index is 0.389. The monoisotopic (exact) mass is 210 g/mol. The lowest BCUT2D eigenvalue weighted by Gasteiger charge is -2.28. The quantitative estimate of drug-likeness (QED) is 0.757. The molecule has 1 amide bonds. The predicted octanol–water partition coefficient (Wildman–Crippen LogP) is 1.24. The van der Waals surface area contributed by atoms with Crippen molar-refractivity contribution in [2.45, 2.75) is 32.6 Å². The van der Waals surface area contributed by atoms with Gasteiger partial charge in [-0.3, -0.25) is 4.79 Å². The number of hydrogen-bond donors (Lipinski definition) is 1. The second-order valence-corrected chi connectivity index (χ2v) is 5.01. The van der Waals surface area contributed by atoms with Crippen molar-refractivity contribution in [3.63, 3.8) is 0 Å². The minimum absolute atomic E-state index is 0.389. The molecule has 1 atom stereocenters. The average molecular weight is 210 g/mol. The Balaban J connectivity index is 1.71. The molecule has 0 bridgehead atoms. The van der Waals surface area contributed by atoms with Crippen molar-refractivity contribution in [3.05, 3.63) is 0 Å². The van der Waals surface area contributed by atoms with E-state index >= 15 is 0 Å². The van der Waals surface area contributed by atoms with E-state index in [1.165, 1.54) is 19.3 Å². The molecule has 0 saturated carbocycles. The van der Waals surface area contributed by atoms with Gasteiger partial charge in [0.15, 0.2) is 0 Å². The number of nitrogens with one attached hydrogen (secondary N) is 1. The highest BCUT2D eigenvalue weighted by atomic mass is 16.2. The molecule has 0 aliphatic carbocycles.